The predicted octanol–water partition coefficient (Wildman–Crippen LogP) is 3.76. The van der Waals surface area contributed by atoms with Gasteiger partial charge in [0.25, 0.3) is 0 Å². The van der Waals surface area contributed by atoms with Crippen molar-refractivity contribution in [2.24, 2.45) is 5.41 Å². The second-order valence-electron chi connectivity index (χ2n) is 6.54. The number of fused-ring (bicyclic) bond motifs is 1. The van der Waals surface area contributed by atoms with Crippen LogP contribution in [0.3, 0.4) is 0 Å². The van der Waals surface area contributed by atoms with Gasteiger partial charge in [0.05, 0.1) is 6.54 Å². The van der Waals surface area contributed by atoms with E-state index in [1.165, 1.54) is 10.6 Å². The molecule has 2 aromatic rings. The van der Waals surface area contributed by atoms with Crippen molar-refractivity contribution in [2.75, 3.05) is 0 Å². The van der Waals surface area contributed by atoms with Crippen LogP contribution in [-0.2, 0) is 13.0 Å². The number of ketones is 1. The third-order valence-corrected chi connectivity index (χ3v) is 4.86. The number of rotatable bonds is 2. The van der Waals surface area contributed by atoms with E-state index in [1.807, 2.05) is 12.3 Å². The smallest absolute Gasteiger partial charge is 0.165 e. The number of Topliss-reactive ketones (excluding diaryl/α,β-unsaturated/α-hetero) is 1. The molecule has 106 valence electrons. The largest absolute Gasteiger partial charge is 0.341 e. The van der Waals surface area contributed by atoms with Crippen LogP contribution in [0.1, 0.15) is 51.9 Å². The van der Waals surface area contributed by atoms with Crippen LogP contribution in [0.4, 0.5) is 0 Å². The molecule has 0 radical (unpaired) electrons. The van der Waals surface area contributed by atoms with Crippen LogP contribution in [0, 0.1) is 19.3 Å². The average Bonchev–Trinajstić information content (AvgIpc) is 2.86. The fraction of sp³-hybridized carbons (Fsp3) is 0.500. The lowest BCUT2D eigenvalue weighted by atomic mass is 9.76. The molecule has 2 heterocycles. The molecular weight excluding hydrogens is 268 g/mol. The second kappa shape index (κ2) is 4.55. The van der Waals surface area contributed by atoms with Gasteiger partial charge in [-0.1, -0.05) is 13.8 Å². The number of thiazole rings is 1. The van der Waals surface area contributed by atoms with Gasteiger partial charge in [-0.3, -0.25) is 4.79 Å². The van der Waals surface area contributed by atoms with Crippen LogP contribution in [-0.4, -0.2) is 15.3 Å². The summed E-state index contributed by atoms with van der Waals surface area (Å²) in [5.41, 5.74) is 3.34. The monoisotopic (exact) mass is 288 g/mol. The van der Waals surface area contributed by atoms with E-state index >= 15 is 0 Å². The summed E-state index contributed by atoms with van der Waals surface area (Å²) in [6, 6.07) is 2.05. The van der Waals surface area contributed by atoms with E-state index in [4.69, 9.17) is 0 Å². The minimum atomic E-state index is 0.0609. The molecule has 0 aromatic carbocycles. The Hall–Kier alpha value is -1.42. The lowest BCUT2D eigenvalue weighted by Gasteiger charge is -2.29. The van der Waals surface area contributed by atoms with Gasteiger partial charge < -0.3 is 4.57 Å². The van der Waals surface area contributed by atoms with Crippen molar-refractivity contribution in [1.29, 1.82) is 0 Å². The van der Waals surface area contributed by atoms with Crippen LogP contribution in [0.5, 0.6) is 0 Å². The summed E-state index contributed by atoms with van der Waals surface area (Å²) in [6.07, 6.45) is 3.53. The van der Waals surface area contributed by atoms with E-state index in [-0.39, 0.29) is 11.2 Å². The molecule has 0 atom stereocenters. The minimum absolute atomic E-state index is 0.0609. The Kier molecular flexibility index (Phi) is 3.09. The number of hydrogen-bond acceptors (Lipinski definition) is 3. The highest BCUT2D eigenvalue weighted by atomic mass is 32.1. The molecule has 0 unspecified atom stereocenters. The number of hydrogen-bond donors (Lipinski definition) is 0. The van der Waals surface area contributed by atoms with E-state index in [0.29, 0.717) is 6.42 Å². The molecule has 0 aliphatic heterocycles. The van der Waals surface area contributed by atoms with Gasteiger partial charge in [-0.05, 0) is 31.7 Å². The summed E-state index contributed by atoms with van der Waals surface area (Å²) in [7, 11) is 0. The molecule has 0 amide bonds. The number of nitrogens with zero attached hydrogens (tertiary/aromatic N) is 2. The van der Waals surface area contributed by atoms with Crippen molar-refractivity contribution in [3.05, 3.63) is 39.1 Å². The molecule has 3 nitrogen and oxygen atoms in total. The highest BCUT2D eigenvalue weighted by Gasteiger charge is 2.33. The van der Waals surface area contributed by atoms with Gasteiger partial charge in [0.15, 0.2) is 5.78 Å². The molecule has 20 heavy (non-hydrogen) atoms. The summed E-state index contributed by atoms with van der Waals surface area (Å²) in [5.74, 6) is 0.286. The summed E-state index contributed by atoms with van der Waals surface area (Å²) >= 11 is 1.73. The Balaban J connectivity index is 2.02. The van der Waals surface area contributed by atoms with Gasteiger partial charge in [-0.25, -0.2) is 4.98 Å². The van der Waals surface area contributed by atoms with Gasteiger partial charge in [-0.2, -0.15) is 0 Å². The fourth-order valence-electron chi connectivity index (χ4n) is 3.04. The molecule has 1 aliphatic rings. The zero-order valence-electron chi connectivity index (χ0n) is 12.5. The maximum Gasteiger partial charge on any atom is 0.165 e. The van der Waals surface area contributed by atoms with E-state index in [1.54, 1.807) is 11.3 Å². The van der Waals surface area contributed by atoms with E-state index in [9.17, 15) is 4.79 Å². The van der Waals surface area contributed by atoms with Gasteiger partial charge in [0.1, 0.15) is 5.01 Å². The number of aryl methyl sites for hydroxylation is 2. The lowest BCUT2D eigenvalue weighted by molar-refractivity contribution is 0.0910. The van der Waals surface area contributed by atoms with Gasteiger partial charge in [-0.15, -0.1) is 11.3 Å². The standard InChI is InChI=1S/C16H20N2OS/c1-10-5-12-13(6-16(3,4)7-14(12)19)18(10)9-15-17-8-11(2)20-15/h5,8H,6-7,9H2,1-4H3. The van der Waals surface area contributed by atoms with Crippen LogP contribution in [0.15, 0.2) is 12.3 Å². The molecule has 0 saturated heterocycles. The Morgan fingerprint density at radius 2 is 2.10 bits per heavy atom. The SMILES string of the molecule is Cc1cnc(Cn2c(C)cc3c2CC(C)(C)CC3=O)s1. The quantitative estimate of drug-likeness (QED) is 0.843. The molecule has 0 spiro atoms. The first kappa shape index (κ1) is 13.6. The van der Waals surface area contributed by atoms with Gasteiger partial charge in [0, 0.05) is 34.4 Å². The maximum absolute atomic E-state index is 12.3. The third-order valence-electron chi connectivity index (χ3n) is 3.96. The first-order valence-electron chi connectivity index (χ1n) is 6.99. The topological polar surface area (TPSA) is 34.9 Å². The van der Waals surface area contributed by atoms with Crippen molar-refractivity contribution in [2.45, 2.75) is 47.1 Å². The van der Waals surface area contributed by atoms with Gasteiger partial charge >= 0.3 is 0 Å². The summed E-state index contributed by atoms with van der Waals surface area (Å²) in [5, 5.41) is 1.11. The van der Waals surface area contributed by atoms with Crippen LogP contribution in [0.25, 0.3) is 0 Å². The molecule has 3 rings (SSSR count). The molecule has 0 N–H and O–H groups in total. The predicted molar refractivity (Wildman–Crippen MR) is 81.6 cm³/mol. The molecule has 4 heteroatoms. The Labute approximate surface area is 123 Å². The fourth-order valence-corrected chi connectivity index (χ4v) is 3.81. The maximum atomic E-state index is 12.3. The average molecular weight is 288 g/mol. The highest BCUT2D eigenvalue weighted by Crippen LogP contribution is 2.36. The van der Waals surface area contributed by atoms with Gasteiger partial charge in [0.2, 0.25) is 0 Å². The minimum Gasteiger partial charge on any atom is -0.341 e. The number of carbonyl (C=O) groups excluding carboxylic acids is 1. The van der Waals surface area contributed by atoms with E-state index in [0.717, 1.165) is 29.2 Å². The van der Waals surface area contributed by atoms with Crippen LogP contribution < -0.4 is 0 Å². The highest BCUT2D eigenvalue weighted by molar-refractivity contribution is 7.11. The van der Waals surface area contributed by atoms with E-state index < -0.39 is 0 Å². The molecular formula is C16H20N2OS. The third kappa shape index (κ3) is 2.33. The lowest BCUT2D eigenvalue weighted by Crippen LogP contribution is -2.28. The van der Waals surface area contributed by atoms with Crippen molar-refractivity contribution >= 4 is 17.1 Å². The normalized spacial score (nSPS) is 17.3. The van der Waals surface area contributed by atoms with Crippen LogP contribution >= 0.6 is 11.3 Å². The van der Waals surface area contributed by atoms with E-state index in [2.05, 4.69) is 37.2 Å². The first-order valence-corrected chi connectivity index (χ1v) is 7.81. The Morgan fingerprint density at radius 1 is 1.35 bits per heavy atom. The molecule has 2 aromatic heterocycles. The van der Waals surface area contributed by atoms with Crippen molar-refractivity contribution in [1.82, 2.24) is 9.55 Å². The Bertz CT molecular complexity index is 679. The van der Waals surface area contributed by atoms with Crippen molar-refractivity contribution in [3.8, 4) is 0 Å². The Morgan fingerprint density at radius 3 is 2.75 bits per heavy atom. The molecule has 1 aliphatic carbocycles. The van der Waals surface area contributed by atoms with Crippen molar-refractivity contribution in [3.63, 3.8) is 0 Å². The second-order valence-corrected chi connectivity index (χ2v) is 7.86. The zero-order valence-corrected chi connectivity index (χ0v) is 13.3. The first-order chi connectivity index (χ1) is 9.35. The summed E-state index contributed by atoms with van der Waals surface area (Å²) < 4.78 is 2.27. The summed E-state index contributed by atoms with van der Waals surface area (Å²) in [6.45, 7) is 9.29. The number of carbonyl (C=O) groups is 1. The zero-order chi connectivity index (χ0) is 14.5. The molecule has 0 bridgehead atoms. The molecule has 0 fully saturated rings. The number of aromatic nitrogens is 2. The summed E-state index contributed by atoms with van der Waals surface area (Å²) in [4.78, 5) is 18.0. The van der Waals surface area contributed by atoms with Crippen molar-refractivity contribution < 1.29 is 4.79 Å². The molecule has 0 saturated carbocycles. The van der Waals surface area contributed by atoms with Crippen LogP contribution in [0.2, 0.25) is 0 Å².